The van der Waals surface area contributed by atoms with E-state index in [1.807, 2.05) is 0 Å². The van der Waals surface area contributed by atoms with Gasteiger partial charge in [-0.25, -0.2) is 0 Å². The van der Waals surface area contributed by atoms with Crippen molar-refractivity contribution in [2.45, 2.75) is 56.8 Å². The third-order valence-corrected chi connectivity index (χ3v) is 7.61. The van der Waals surface area contributed by atoms with Crippen molar-refractivity contribution >= 4 is 23.5 Å². The zero-order valence-corrected chi connectivity index (χ0v) is 21.1. The molecule has 0 unspecified atom stereocenters. The molecule has 0 aliphatic carbocycles. The summed E-state index contributed by atoms with van der Waals surface area (Å²) < 4.78 is 17.0. The lowest BCUT2D eigenvalue weighted by Gasteiger charge is -2.36. The molecule has 3 aliphatic heterocycles. The summed E-state index contributed by atoms with van der Waals surface area (Å²) in [4.78, 5) is 44.2. The second-order valence-electron chi connectivity index (χ2n) is 9.56. The lowest BCUT2D eigenvalue weighted by Crippen LogP contribution is -2.56. The summed E-state index contributed by atoms with van der Waals surface area (Å²) in [6.07, 6.45) is 4.31. The Hall–Kier alpha value is -2.91. The number of esters is 1. The first-order valence-electron chi connectivity index (χ1n) is 12.8. The SMILES string of the molecule is C=CCN(C(=O)[C@H]1N(CCCCCO)C(=O)[C@@H]2[C@@H](C(=O)OCC)[C@H]3CC[C@]21O3)c1ccc(OC)cc1. The van der Waals surface area contributed by atoms with Crippen LogP contribution in [0, 0.1) is 11.8 Å². The number of unbranched alkanes of at least 4 members (excludes halogenated alkanes) is 2. The number of anilines is 1. The number of amides is 2. The Bertz CT molecular complexity index is 981. The fourth-order valence-electron chi connectivity index (χ4n) is 6.11. The minimum absolute atomic E-state index is 0.0726. The third kappa shape index (κ3) is 4.39. The predicted octanol–water partition coefficient (Wildman–Crippen LogP) is 2.31. The molecular formula is C27H36N2O7. The third-order valence-electron chi connectivity index (χ3n) is 7.61. The van der Waals surface area contributed by atoms with Crippen molar-refractivity contribution in [2.24, 2.45) is 11.8 Å². The van der Waals surface area contributed by atoms with Gasteiger partial charge in [0.1, 0.15) is 17.4 Å². The molecular weight excluding hydrogens is 464 g/mol. The fraction of sp³-hybridized carbons (Fsp3) is 0.593. The van der Waals surface area contributed by atoms with Crippen LogP contribution in [0.15, 0.2) is 36.9 Å². The summed E-state index contributed by atoms with van der Waals surface area (Å²) >= 11 is 0. The molecule has 5 atom stereocenters. The van der Waals surface area contributed by atoms with Crippen molar-refractivity contribution in [3.63, 3.8) is 0 Å². The number of nitrogens with zero attached hydrogens (tertiary/aromatic N) is 2. The monoisotopic (exact) mass is 500 g/mol. The lowest BCUT2D eigenvalue weighted by molar-refractivity contribution is -0.154. The van der Waals surface area contributed by atoms with E-state index in [-0.39, 0.29) is 31.6 Å². The number of aliphatic hydroxyl groups excluding tert-OH is 1. The number of rotatable bonds is 12. The average molecular weight is 501 g/mol. The zero-order chi connectivity index (χ0) is 25.9. The van der Waals surface area contributed by atoms with Gasteiger partial charge in [0.15, 0.2) is 0 Å². The molecule has 1 spiro atoms. The molecule has 1 aromatic rings. The molecule has 2 bridgehead atoms. The molecule has 196 valence electrons. The zero-order valence-electron chi connectivity index (χ0n) is 21.1. The van der Waals surface area contributed by atoms with Gasteiger partial charge in [-0.1, -0.05) is 6.08 Å². The van der Waals surface area contributed by atoms with Crippen molar-refractivity contribution in [3.05, 3.63) is 36.9 Å². The number of aliphatic hydroxyl groups is 1. The lowest BCUT2D eigenvalue weighted by atomic mass is 9.70. The number of benzene rings is 1. The van der Waals surface area contributed by atoms with E-state index in [4.69, 9.17) is 14.2 Å². The van der Waals surface area contributed by atoms with Gasteiger partial charge < -0.3 is 29.1 Å². The van der Waals surface area contributed by atoms with E-state index in [9.17, 15) is 19.5 Å². The van der Waals surface area contributed by atoms with Crippen LogP contribution in [-0.4, -0.2) is 79.0 Å². The fourth-order valence-corrected chi connectivity index (χ4v) is 6.11. The van der Waals surface area contributed by atoms with Gasteiger partial charge in [-0.2, -0.15) is 0 Å². The van der Waals surface area contributed by atoms with E-state index in [1.54, 1.807) is 54.2 Å². The number of likely N-dealkylation sites (tertiary alicyclic amines) is 1. The molecule has 4 rings (SSSR count). The maximum atomic E-state index is 14.3. The topological polar surface area (TPSA) is 106 Å². The largest absolute Gasteiger partial charge is 0.497 e. The van der Waals surface area contributed by atoms with E-state index in [1.165, 1.54) is 0 Å². The van der Waals surface area contributed by atoms with Gasteiger partial charge in [-0.3, -0.25) is 14.4 Å². The Morgan fingerprint density at radius 1 is 1.28 bits per heavy atom. The Balaban J connectivity index is 1.71. The number of carbonyl (C=O) groups is 3. The molecule has 0 aromatic heterocycles. The number of methoxy groups -OCH3 is 1. The molecule has 3 heterocycles. The first kappa shape index (κ1) is 26.2. The highest BCUT2D eigenvalue weighted by molar-refractivity contribution is 6.04. The number of fused-ring (bicyclic) bond motifs is 1. The van der Waals surface area contributed by atoms with E-state index in [0.29, 0.717) is 43.7 Å². The van der Waals surface area contributed by atoms with Crippen molar-refractivity contribution in [2.75, 3.05) is 38.3 Å². The van der Waals surface area contributed by atoms with Gasteiger partial charge in [0.25, 0.3) is 5.91 Å². The Labute approximate surface area is 212 Å². The van der Waals surface area contributed by atoms with Crippen LogP contribution in [-0.2, 0) is 23.9 Å². The molecule has 3 aliphatic rings. The predicted molar refractivity (Wildman–Crippen MR) is 132 cm³/mol. The summed E-state index contributed by atoms with van der Waals surface area (Å²) in [5, 5.41) is 9.18. The number of hydrogen-bond donors (Lipinski definition) is 1. The first-order chi connectivity index (χ1) is 17.4. The van der Waals surface area contributed by atoms with Crippen molar-refractivity contribution in [1.29, 1.82) is 0 Å². The molecule has 0 radical (unpaired) electrons. The second-order valence-corrected chi connectivity index (χ2v) is 9.56. The summed E-state index contributed by atoms with van der Waals surface area (Å²) in [6.45, 7) is 6.45. The minimum Gasteiger partial charge on any atom is -0.497 e. The number of ether oxygens (including phenoxy) is 3. The first-order valence-corrected chi connectivity index (χ1v) is 12.8. The van der Waals surface area contributed by atoms with Gasteiger partial charge in [0, 0.05) is 25.4 Å². The normalized spacial score (nSPS) is 28.2. The minimum atomic E-state index is -1.07. The molecule has 2 amide bonds. The molecule has 1 N–H and O–H groups in total. The molecule has 1 aromatic carbocycles. The van der Waals surface area contributed by atoms with Crippen molar-refractivity contribution < 1.29 is 33.7 Å². The van der Waals surface area contributed by atoms with Gasteiger partial charge in [-0.15, -0.1) is 6.58 Å². The number of hydrogen-bond acceptors (Lipinski definition) is 7. The Morgan fingerprint density at radius 2 is 2.03 bits per heavy atom. The maximum Gasteiger partial charge on any atom is 0.312 e. The van der Waals surface area contributed by atoms with Crippen LogP contribution in [0.5, 0.6) is 5.75 Å². The van der Waals surface area contributed by atoms with Crippen LogP contribution in [0.25, 0.3) is 0 Å². The summed E-state index contributed by atoms with van der Waals surface area (Å²) in [5.41, 5.74) is -0.415. The molecule has 0 saturated carbocycles. The van der Waals surface area contributed by atoms with Crippen LogP contribution in [0.1, 0.15) is 39.0 Å². The Morgan fingerprint density at radius 3 is 2.67 bits per heavy atom. The summed E-state index contributed by atoms with van der Waals surface area (Å²) in [5.74, 6) is -1.72. The van der Waals surface area contributed by atoms with E-state index in [2.05, 4.69) is 6.58 Å². The van der Waals surface area contributed by atoms with Gasteiger partial charge >= 0.3 is 5.97 Å². The second kappa shape index (κ2) is 11.0. The van der Waals surface area contributed by atoms with Crippen LogP contribution < -0.4 is 9.64 Å². The molecule has 36 heavy (non-hydrogen) atoms. The number of carbonyl (C=O) groups excluding carboxylic acids is 3. The molecule has 3 saturated heterocycles. The van der Waals surface area contributed by atoms with Crippen LogP contribution in [0.2, 0.25) is 0 Å². The van der Waals surface area contributed by atoms with Crippen LogP contribution in [0.4, 0.5) is 5.69 Å². The summed E-state index contributed by atoms with van der Waals surface area (Å²) in [7, 11) is 1.58. The van der Waals surface area contributed by atoms with E-state index >= 15 is 0 Å². The molecule has 3 fully saturated rings. The van der Waals surface area contributed by atoms with Crippen LogP contribution in [0.3, 0.4) is 0 Å². The van der Waals surface area contributed by atoms with Crippen LogP contribution >= 0.6 is 0 Å². The maximum absolute atomic E-state index is 14.3. The quantitative estimate of drug-likeness (QED) is 0.267. The van der Waals surface area contributed by atoms with Gasteiger partial charge in [0.2, 0.25) is 5.91 Å². The molecule has 9 heteroatoms. The van der Waals surface area contributed by atoms with E-state index < -0.39 is 35.6 Å². The van der Waals surface area contributed by atoms with Gasteiger partial charge in [-0.05, 0) is 63.3 Å². The highest BCUT2D eigenvalue weighted by atomic mass is 16.6. The van der Waals surface area contributed by atoms with E-state index in [0.717, 1.165) is 6.42 Å². The van der Waals surface area contributed by atoms with Crippen molar-refractivity contribution in [3.8, 4) is 5.75 Å². The summed E-state index contributed by atoms with van der Waals surface area (Å²) in [6, 6.07) is 6.29. The highest BCUT2D eigenvalue weighted by Gasteiger charge is 2.75. The standard InChI is InChI=1S/C27H36N2O7/c1-4-15-28(18-9-11-19(34-3)12-10-18)25(32)23-27-14-13-20(36-27)21(26(33)35-5-2)22(27)24(31)29(23)16-7-6-8-17-30/h4,9-12,20-23,30H,1,5-8,13-17H2,2-3H3/t20-,21+,22+,23-,27+/m1/s1. The van der Waals surface area contributed by atoms with Gasteiger partial charge in [0.05, 0.1) is 31.7 Å². The molecule has 9 nitrogen and oxygen atoms in total. The highest BCUT2D eigenvalue weighted by Crippen LogP contribution is 2.59. The average Bonchev–Trinajstić information content (AvgIpc) is 3.52. The van der Waals surface area contributed by atoms with Crippen molar-refractivity contribution in [1.82, 2.24) is 4.90 Å². The Kier molecular flexibility index (Phi) is 8.00. The smallest absolute Gasteiger partial charge is 0.312 e.